The molecule has 1 aliphatic heterocycles. The number of anilines is 1. The molecule has 0 bridgehead atoms. The molecule has 0 spiro atoms. The molecule has 2 heterocycles. The van der Waals surface area contributed by atoms with Crippen LogP contribution in [0.4, 0.5) is 5.00 Å². The van der Waals surface area contributed by atoms with E-state index in [0.29, 0.717) is 12.6 Å². The predicted octanol–water partition coefficient (Wildman–Crippen LogP) is 3.27. The zero-order chi connectivity index (χ0) is 18.2. The van der Waals surface area contributed by atoms with Gasteiger partial charge in [0.05, 0.1) is 11.5 Å². The molecule has 1 aromatic carbocycles. The van der Waals surface area contributed by atoms with Crippen molar-refractivity contribution in [3.05, 3.63) is 47.3 Å². The van der Waals surface area contributed by atoms with Crippen LogP contribution >= 0.6 is 11.3 Å². The molecule has 0 amide bonds. The first-order valence-electron chi connectivity index (χ1n) is 9.19. The van der Waals surface area contributed by atoms with E-state index in [1.165, 1.54) is 10.6 Å². The number of piperidine rings is 1. The number of hydrogen-bond donors (Lipinski definition) is 2. The van der Waals surface area contributed by atoms with Gasteiger partial charge in [0.2, 0.25) is 0 Å². The minimum Gasteiger partial charge on any atom is -0.492 e. The lowest BCUT2D eigenvalue weighted by atomic mass is 10.1. The van der Waals surface area contributed by atoms with Crippen molar-refractivity contribution in [2.24, 2.45) is 4.99 Å². The number of ether oxygens (including phenoxy) is 1. The zero-order valence-corrected chi connectivity index (χ0v) is 16.4. The standard InChI is InChI=1S/C20H28N4OS/c1-16-5-7-18(8-6-16)25-14-11-22-20(21-2)23-17-9-12-24(13-10-17)19-4-3-15-26-19/h3-8,15,17H,9-14H2,1-2H3,(H2,21,22,23). The quantitative estimate of drug-likeness (QED) is 0.464. The van der Waals surface area contributed by atoms with Crippen molar-refractivity contribution in [1.29, 1.82) is 0 Å². The van der Waals surface area contributed by atoms with Gasteiger partial charge in [-0.05, 0) is 49.4 Å². The smallest absolute Gasteiger partial charge is 0.191 e. The minimum absolute atomic E-state index is 0.468. The number of aliphatic imine (C=N–C) groups is 1. The van der Waals surface area contributed by atoms with Crippen LogP contribution in [0.2, 0.25) is 0 Å². The normalized spacial score (nSPS) is 15.8. The summed E-state index contributed by atoms with van der Waals surface area (Å²) >= 11 is 1.82. The molecule has 3 rings (SSSR count). The summed E-state index contributed by atoms with van der Waals surface area (Å²) < 4.78 is 5.75. The fraction of sp³-hybridized carbons (Fsp3) is 0.450. The van der Waals surface area contributed by atoms with Gasteiger partial charge in [0.15, 0.2) is 5.96 Å². The Morgan fingerprint density at radius 2 is 2.00 bits per heavy atom. The second-order valence-corrected chi connectivity index (χ2v) is 7.44. The SMILES string of the molecule is CN=C(NCCOc1ccc(C)cc1)NC1CCN(c2cccs2)CC1. The van der Waals surface area contributed by atoms with Gasteiger partial charge in [-0.15, -0.1) is 11.3 Å². The van der Waals surface area contributed by atoms with Crippen LogP contribution in [0.15, 0.2) is 46.8 Å². The molecular formula is C20H28N4OS. The number of benzene rings is 1. The van der Waals surface area contributed by atoms with Gasteiger partial charge >= 0.3 is 0 Å². The van der Waals surface area contributed by atoms with Gasteiger partial charge in [-0.2, -0.15) is 0 Å². The Labute approximate surface area is 160 Å². The monoisotopic (exact) mass is 372 g/mol. The highest BCUT2D eigenvalue weighted by Gasteiger charge is 2.20. The van der Waals surface area contributed by atoms with Crippen molar-refractivity contribution in [3.8, 4) is 5.75 Å². The highest BCUT2D eigenvalue weighted by Crippen LogP contribution is 2.24. The van der Waals surface area contributed by atoms with Crippen molar-refractivity contribution >= 4 is 22.3 Å². The van der Waals surface area contributed by atoms with E-state index in [1.807, 2.05) is 30.5 Å². The summed E-state index contributed by atoms with van der Waals surface area (Å²) in [5, 5.41) is 10.4. The highest BCUT2D eigenvalue weighted by atomic mass is 32.1. The Hall–Kier alpha value is -2.21. The molecule has 2 aromatic rings. The van der Waals surface area contributed by atoms with E-state index in [9.17, 15) is 0 Å². The van der Waals surface area contributed by atoms with E-state index in [2.05, 4.69) is 57.1 Å². The molecule has 0 atom stereocenters. The lowest BCUT2D eigenvalue weighted by Crippen LogP contribution is -2.49. The van der Waals surface area contributed by atoms with Crippen LogP contribution in [0.1, 0.15) is 18.4 Å². The van der Waals surface area contributed by atoms with Crippen molar-refractivity contribution < 1.29 is 4.74 Å². The number of guanidine groups is 1. The lowest BCUT2D eigenvalue weighted by molar-refractivity contribution is 0.321. The van der Waals surface area contributed by atoms with E-state index < -0.39 is 0 Å². The van der Waals surface area contributed by atoms with Gasteiger partial charge in [-0.25, -0.2) is 0 Å². The van der Waals surface area contributed by atoms with Crippen molar-refractivity contribution in [3.63, 3.8) is 0 Å². The molecule has 1 saturated heterocycles. The first-order chi connectivity index (χ1) is 12.7. The first kappa shape index (κ1) is 18.6. The molecule has 1 fully saturated rings. The van der Waals surface area contributed by atoms with Gasteiger partial charge in [0, 0.05) is 26.2 Å². The topological polar surface area (TPSA) is 48.9 Å². The summed E-state index contributed by atoms with van der Waals surface area (Å²) in [6.07, 6.45) is 2.25. The lowest BCUT2D eigenvalue weighted by Gasteiger charge is -2.33. The summed E-state index contributed by atoms with van der Waals surface area (Å²) in [5.41, 5.74) is 1.24. The first-order valence-corrected chi connectivity index (χ1v) is 10.1. The molecule has 140 valence electrons. The van der Waals surface area contributed by atoms with E-state index in [0.717, 1.165) is 44.2 Å². The maximum absolute atomic E-state index is 5.75. The molecule has 26 heavy (non-hydrogen) atoms. The van der Waals surface area contributed by atoms with E-state index in [1.54, 1.807) is 0 Å². The third-order valence-electron chi connectivity index (χ3n) is 4.56. The Bertz CT molecular complexity index is 676. The number of hydrogen-bond acceptors (Lipinski definition) is 4. The van der Waals surface area contributed by atoms with Gasteiger partial charge in [-0.1, -0.05) is 17.7 Å². The number of thiophene rings is 1. The molecule has 5 nitrogen and oxygen atoms in total. The average molecular weight is 373 g/mol. The Balaban J connectivity index is 1.35. The zero-order valence-electron chi connectivity index (χ0n) is 15.6. The molecular weight excluding hydrogens is 344 g/mol. The number of nitrogens with zero attached hydrogens (tertiary/aromatic N) is 2. The number of nitrogens with one attached hydrogen (secondary N) is 2. The van der Waals surface area contributed by atoms with Gasteiger partial charge < -0.3 is 20.3 Å². The average Bonchev–Trinajstić information content (AvgIpc) is 3.21. The summed E-state index contributed by atoms with van der Waals surface area (Å²) in [6, 6.07) is 12.9. The number of aryl methyl sites for hydroxylation is 1. The second kappa shape index (κ2) is 9.48. The third-order valence-corrected chi connectivity index (χ3v) is 5.49. The molecule has 0 radical (unpaired) electrons. The minimum atomic E-state index is 0.468. The Morgan fingerprint density at radius 1 is 1.23 bits per heavy atom. The van der Waals surface area contributed by atoms with Gasteiger partial charge in [0.1, 0.15) is 12.4 Å². The fourth-order valence-corrected chi connectivity index (χ4v) is 3.84. The van der Waals surface area contributed by atoms with Crippen LogP contribution in [0, 0.1) is 6.92 Å². The third kappa shape index (κ3) is 5.39. The summed E-state index contributed by atoms with van der Waals surface area (Å²) in [4.78, 5) is 6.80. The van der Waals surface area contributed by atoms with Gasteiger partial charge in [-0.3, -0.25) is 4.99 Å². The molecule has 0 unspecified atom stereocenters. The van der Waals surface area contributed by atoms with E-state index >= 15 is 0 Å². The van der Waals surface area contributed by atoms with Gasteiger partial charge in [0.25, 0.3) is 0 Å². The summed E-state index contributed by atoms with van der Waals surface area (Å²) in [5.74, 6) is 1.76. The second-order valence-electron chi connectivity index (χ2n) is 6.52. The molecule has 2 N–H and O–H groups in total. The fourth-order valence-electron chi connectivity index (χ4n) is 3.05. The van der Waals surface area contributed by atoms with Crippen LogP contribution in [-0.4, -0.2) is 45.3 Å². The maximum atomic E-state index is 5.75. The van der Waals surface area contributed by atoms with Crippen LogP contribution in [-0.2, 0) is 0 Å². The Morgan fingerprint density at radius 3 is 2.65 bits per heavy atom. The largest absolute Gasteiger partial charge is 0.492 e. The molecule has 0 saturated carbocycles. The van der Waals surface area contributed by atoms with Crippen molar-refractivity contribution in [2.45, 2.75) is 25.8 Å². The van der Waals surface area contributed by atoms with E-state index in [4.69, 9.17) is 4.74 Å². The summed E-state index contributed by atoms with van der Waals surface area (Å²) in [7, 11) is 1.82. The van der Waals surface area contributed by atoms with Crippen LogP contribution in [0.5, 0.6) is 5.75 Å². The highest BCUT2D eigenvalue weighted by molar-refractivity contribution is 7.14. The maximum Gasteiger partial charge on any atom is 0.191 e. The molecule has 6 heteroatoms. The number of rotatable bonds is 6. The molecule has 1 aromatic heterocycles. The molecule has 1 aliphatic rings. The molecule has 0 aliphatic carbocycles. The van der Waals surface area contributed by atoms with Crippen LogP contribution in [0.25, 0.3) is 0 Å². The summed E-state index contributed by atoms with van der Waals surface area (Å²) in [6.45, 7) is 5.59. The predicted molar refractivity (Wildman–Crippen MR) is 111 cm³/mol. The Kier molecular flexibility index (Phi) is 6.77. The van der Waals surface area contributed by atoms with Crippen molar-refractivity contribution in [1.82, 2.24) is 10.6 Å². The van der Waals surface area contributed by atoms with Crippen molar-refractivity contribution in [2.75, 3.05) is 38.2 Å². The van der Waals surface area contributed by atoms with Crippen LogP contribution in [0.3, 0.4) is 0 Å². The van der Waals surface area contributed by atoms with Crippen LogP contribution < -0.4 is 20.3 Å². The van der Waals surface area contributed by atoms with E-state index in [-0.39, 0.29) is 0 Å².